The average Bonchev–Trinajstić information content (AvgIpc) is 2.61. The zero-order valence-electron chi connectivity index (χ0n) is 14.6. The number of ether oxygens (including phenoxy) is 1. The van der Waals surface area contributed by atoms with E-state index in [4.69, 9.17) is 10.5 Å². The average molecular weight is 342 g/mol. The van der Waals surface area contributed by atoms with E-state index in [0.717, 1.165) is 25.2 Å². The summed E-state index contributed by atoms with van der Waals surface area (Å²) >= 11 is 0. The first kappa shape index (κ1) is 19.0. The van der Waals surface area contributed by atoms with Crippen LogP contribution in [0.2, 0.25) is 0 Å². The van der Waals surface area contributed by atoms with Gasteiger partial charge in [-0.3, -0.25) is 9.69 Å². The van der Waals surface area contributed by atoms with E-state index in [-0.39, 0.29) is 19.1 Å². The molecule has 0 spiro atoms. The normalized spacial score (nSPS) is 12.1. The van der Waals surface area contributed by atoms with Crippen molar-refractivity contribution in [3.8, 4) is 5.75 Å². The molecule has 0 fully saturated rings. The summed E-state index contributed by atoms with van der Waals surface area (Å²) in [6.07, 6.45) is 0. The Kier molecular flexibility index (Phi) is 7.44. The molecule has 0 bridgehead atoms. The minimum Gasteiger partial charge on any atom is -0.484 e. The SMILES string of the molecule is CC(CO)CN(Cc1ccccc1)Cc1cccc(OCC(N)=O)c1. The van der Waals surface area contributed by atoms with Crippen LogP contribution >= 0.6 is 0 Å². The van der Waals surface area contributed by atoms with Gasteiger partial charge in [0.15, 0.2) is 6.61 Å². The summed E-state index contributed by atoms with van der Waals surface area (Å²) in [7, 11) is 0. The van der Waals surface area contributed by atoms with Gasteiger partial charge in [0.2, 0.25) is 0 Å². The van der Waals surface area contributed by atoms with Crippen LogP contribution in [0.1, 0.15) is 18.1 Å². The Balaban J connectivity index is 2.07. The van der Waals surface area contributed by atoms with E-state index >= 15 is 0 Å². The Labute approximate surface area is 149 Å². The van der Waals surface area contributed by atoms with Crippen LogP contribution in [0.25, 0.3) is 0 Å². The summed E-state index contributed by atoms with van der Waals surface area (Å²) in [5.41, 5.74) is 7.44. The zero-order chi connectivity index (χ0) is 18.1. The monoisotopic (exact) mass is 342 g/mol. The van der Waals surface area contributed by atoms with Crippen LogP contribution < -0.4 is 10.5 Å². The smallest absolute Gasteiger partial charge is 0.255 e. The predicted molar refractivity (Wildman–Crippen MR) is 97.9 cm³/mol. The van der Waals surface area contributed by atoms with Gasteiger partial charge in [-0.05, 0) is 29.2 Å². The lowest BCUT2D eigenvalue weighted by Gasteiger charge is -2.25. The number of benzene rings is 2. The standard InChI is InChI=1S/C20H26N2O3/c1-16(14-23)11-22(12-17-6-3-2-4-7-17)13-18-8-5-9-19(10-18)25-15-20(21)24/h2-10,16,23H,11-15H2,1H3,(H2,21,24). The summed E-state index contributed by atoms with van der Waals surface area (Å²) < 4.78 is 5.38. The molecule has 2 rings (SSSR count). The lowest BCUT2D eigenvalue weighted by atomic mass is 10.1. The van der Waals surface area contributed by atoms with Crippen LogP contribution in [0.3, 0.4) is 0 Å². The van der Waals surface area contributed by atoms with Gasteiger partial charge in [-0.2, -0.15) is 0 Å². The molecule has 0 aliphatic carbocycles. The molecule has 1 amide bonds. The summed E-state index contributed by atoms with van der Waals surface area (Å²) in [5.74, 6) is 0.331. The minimum atomic E-state index is -0.493. The topological polar surface area (TPSA) is 75.8 Å². The van der Waals surface area contributed by atoms with E-state index in [1.54, 1.807) is 0 Å². The number of amides is 1. The van der Waals surface area contributed by atoms with Crippen molar-refractivity contribution in [3.05, 3.63) is 65.7 Å². The molecular weight excluding hydrogens is 316 g/mol. The van der Waals surface area contributed by atoms with Crippen LogP contribution in [-0.4, -0.2) is 35.7 Å². The highest BCUT2D eigenvalue weighted by Crippen LogP contribution is 2.17. The van der Waals surface area contributed by atoms with Crippen LogP contribution in [0, 0.1) is 5.92 Å². The molecule has 0 saturated carbocycles. The lowest BCUT2D eigenvalue weighted by molar-refractivity contribution is -0.119. The van der Waals surface area contributed by atoms with Gasteiger partial charge < -0.3 is 15.6 Å². The number of nitrogens with two attached hydrogens (primary N) is 1. The van der Waals surface area contributed by atoms with Crippen LogP contribution in [0.15, 0.2) is 54.6 Å². The number of nitrogens with zero attached hydrogens (tertiary/aromatic N) is 1. The number of hydrogen-bond acceptors (Lipinski definition) is 4. The molecule has 2 aromatic rings. The van der Waals surface area contributed by atoms with Gasteiger partial charge in [0, 0.05) is 26.2 Å². The molecule has 5 heteroatoms. The van der Waals surface area contributed by atoms with E-state index in [9.17, 15) is 9.90 Å². The first-order chi connectivity index (χ1) is 12.1. The maximum atomic E-state index is 10.9. The molecule has 0 aliphatic heterocycles. The molecule has 0 radical (unpaired) electrons. The van der Waals surface area contributed by atoms with Gasteiger partial charge in [0.1, 0.15) is 5.75 Å². The van der Waals surface area contributed by atoms with Gasteiger partial charge in [-0.25, -0.2) is 0 Å². The van der Waals surface area contributed by atoms with E-state index in [2.05, 4.69) is 17.0 Å². The predicted octanol–water partition coefficient (Wildman–Crippen LogP) is 2.18. The molecular formula is C20H26N2O3. The Morgan fingerprint density at radius 3 is 2.48 bits per heavy atom. The number of hydrogen-bond donors (Lipinski definition) is 2. The number of aliphatic hydroxyl groups excluding tert-OH is 1. The molecule has 2 aromatic carbocycles. The third kappa shape index (κ3) is 6.95. The lowest BCUT2D eigenvalue weighted by Crippen LogP contribution is -2.29. The second-order valence-electron chi connectivity index (χ2n) is 6.35. The first-order valence-corrected chi connectivity index (χ1v) is 8.44. The third-order valence-corrected chi connectivity index (χ3v) is 3.82. The maximum absolute atomic E-state index is 10.9. The molecule has 0 aromatic heterocycles. The fourth-order valence-electron chi connectivity index (χ4n) is 2.67. The number of aliphatic hydroxyl groups is 1. The van der Waals surface area contributed by atoms with Gasteiger partial charge in [-0.1, -0.05) is 49.4 Å². The van der Waals surface area contributed by atoms with E-state index in [0.29, 0.717) is 5.75 Å². The summed E-state index contributed by atoms with van der Waals surface area (Å²) in [6.45, 7) is 4.39. The van der Waals surface area contributed by atoms with Gasteiger partial charge in [0.05, 0.1) is 0 Å². The van der Waals surface area contributed by atoms with E-state index < -0.39 is 5.91 Å². The Bertz CT molecular complexity index is 661. The maximum Gasteiger partial charge on any atom is 0.255 e. The van der Waals surface area contributed by atoms with Gasteiger partial charge in [-0.15, -0.1) is 0 Å². The largest absolute Gasteiger partial charge is 0.484 e. The van der Waals surface area contributed by atoms with Crippen molar-refractivity contribution in [2.75, 3.05) is 19.8 Å². The fraction of sp³-hybridized carbons (Fsp3) is 0.350. The molecule has 0 saturated heterocycles. The number of primary amides is 1. The first-order valence-electron chi connectivity index (χ1n) is 8.44. The number of carbonyl (C=O) groups excluding carboxylic acids is 1. The highest BCUT2D eigenvalue weighted by atomic mass is 16.5. The number of carbonyl (C=O) groups is 1. The van der Waals surface area contributed by atoms with Gasteiger partial charge >= 0.3 is 0 Å². The van der Waals surface area contributed by atoms with Crippen LogP contribution in [0.5, 0.6) is 5.75 Å². The molecule has 1 atom stereocenters. The molecule has 3 N–H and O–H groups in total. The molecule has 25 heavy (non-hydrogen) atoms. The Morgan fingerprint density at radius 2 is 1.80 bits per heavy atom. The van der Waals surface area contributed by atoms with E-state index in [1.165, 1.54) is 5.56 Å². The quantitative estimate of drug-likeness (QED) is 0.694. The van der Waals surface area contributed by atoms with E-state index in [1.807, 2.05) is 49.4 Å². The van der Waals surface area contributed by atoms with Crippen molar-refractivity contribution >= 4 is 5.91 Å². The number of rotatable bonds is 10. The van der Waals surface area contributed by atoms with Crippen molar-refractivity contribution in [2.45, 2.75) is 20.0 Å². The van der Waals surface area contributed by atoms with Crippen molar-refractivity contribution in [1.82, 2.24) is 4.90 Å². The fourth-order valence-corrected chi connectivity index (χ4v) is 2.67. The highest BCUT2D eigenvalue weighted by molar-refractivity contribution is 5.75. The Hall–Kier alpha value is -2.37. The second kappa shape index (κ2) is 9.81. The van der Waals surface area contributed by atoms with Crippen LogP contribution in [0.4, 0.5) is 0 Å². The molecule has 134 valence electrons. The van der Waals surface area contributed by atoms with Crippen LogP contribution in [-0.2, 0) is 17.9 Å². The third-order valence-electron chi connectivity index (χ3n) is 3.82. The molecule has 5 nitrogen and oxygen atoms in total. The Morgan fingerprint density at radius 1 is 1.12 bits per heavy atom. The van der Waals surface area contributed by atoms with Crippen molar-refractivity contribution < 1.29 is 14.6 Å². The minimum absolute atomic E-state index is 0.126. The van der Waals surface area contributed by atoms with Crippen molar-refractivity contribution in [3.63, 3.8) is 0 Å². The summed E-state index contributed by atoms with van der Waals surface area (Å²) in [5, 5.41) is 9.39. The summed E-state index contributed by atoms with van der Waals surface area (Å²) in [6, 6.07) is 17.9. The van der Waals surface area contributed by atoms with Gasteiger partial charge in [0.25, 0.3) is 5.91 Å². The summed E-state index contributed by atoms with van der Waals surface area (Å²) in [4.78, 5) is 13.2. The molecule has 1 unspecified atom stereocenters. The zero-order valence-corrected chi connectivity index (χ0v) is 14.6. The highest BCUT2D eigenvalue weighted by Gasteiger charge is 2.12. The molecule has 0 heterocycles. The van der Waals surface area contributed by atoms with Crippen molar-refractivity contribution in [2.24, 2.45) is 11.7 Å². The van der Waals surface area contributed by atoms with Crippen molar-refractivity contribution in [1.29, 1.82) is 0 Å². The molecule has 0 aliphatic rings. The second-order valence-corrected chi connectivity index (χ2v) is 6.35.